The maximum Gasteiger partial charge on any atom is 0.254 e. The van der Waals surface area contributed by atoms with Crippen LogP contribution < -0.4 is 4.90 Å². The number of likely N-dealkylation sites (N-methyl/N-ethyl adjacent to an activating group) is 1. The first kappa shape index (κ1) is 13.3. The summed E-state index contributed by atoms with van der Waals surface area (Å²) in [6.45, 7) is 6.73. The fourth-order valence-electron chi connectivity index (χ4n) is 2.31. The maximum absolute atomic E-state index is 4.57. The van der Waals surface area contributed by atoms with Crippen molar-refractivity contribution in [3.8, 4) is 11.3 Å². The van der Waals surface area contributed by atoms with Crippen molar-refractivity contribution in [3.63, 3.8) is 0 Å². The van der Waals surface area contributed by atoms with E-state index in [1.54, 1.807) is 4.52 Å². The third-order valence-corrected chi connectivity index (χ3v) is 3.20. The molecule has 0 aliphatic carbocycles. The van der Waals surface area contributed by atoms with Crippen LogP contribution in [0.3, 0.4) is 0 Å². The minimum Gasteiger partial charge on any atom is -0.355 e. The predicted molar refractivity (Wildman–Crippen MR) is 84.3 cm³/mol. The summed E-state index contributed by atoms with van der Waals surface area (Å²) in [4.78, 5) is 10.9. The molecule has 2 heterocycles. The summed E-state index contributed by atoms with van der Waals surface area (Å²) in [7, 11) is 2.01. The first-order chi connectivity index (χ1) is 10.1. The predicted octanol–water partition coefficient (Wildman–Crippen LogP) is 2.80. The minimum absolute atomic E-state index is 0.597. The zero-order valence-electron chi connectivity index (χ0n) is 12.2. The van der Waals surface area contributed by atoms with E-state index in [-0.39, 0.29) is 0 Å². The van der Waals surface area contributed by atoms with Gasteiger partial charge in [0, 0.05) is 25.2 Å². The van der Waals surface area contributed by atoms with Crippen molar-refractivity contribution in [2.75, 3.05) is 18.5 Å². The average molecular weight is 279 g/mol. The second-order valence-electron chi connectivity index (χ2n) is 5.15. The Hall–Kier alpha value is -2.69. The van der Waals surface area contributed by atoms with Crippen molar-refractivity contribution in [2.45, 2.75) is 6.92 Å². The Morgan fingerprint density at radius 3 is 2.76 bits per heavy atom. The first-order valence-corrected chi connectivity index (χ1v) is 6.77. The molecule has 0 N–H and O–H groups in total. The molecule has 0 fully saturated rings. The summed E-state index contributed by atoms with van der Waals surface area (Å²) < 4.78 is 1.75. The van der Waals surface area contributed by atoms with E-state index >= 15 is 0 Å². The van der Waals surface area contributed by atoms with Crippen LogP contribution in [0.15, 0.2) is 54.9 Å². The van der Waals surface area contributed by atoms with E-state index in [0.717, 1.165) is 29.2 Å². The summed E-state index contributed by atoms with van der Waals surface area (Å²) >= 11 is 0. The van der Waals surface area contributed by atoms with Gasteiger partial charge >= 0.3 is 0 Å². The van der Waals surface area contributed by atoms with E-state index in [0.29, 0.717) is 5.78 Å². The van der Waals surface area contributed by atoms with E-state index < -0.39 is 0 Å². The number of benzene rings is 1. The third-order valence-electron chi connectivity index (χ3n) is 3.20. The molecule has 0 bridgehead atoms. The van der Waals surface area contributed by atoms with Gasteiger partial charge in [0.25, 0.3) is 5.78 Å². The largest absolute Gasteiger partial charge is 0.355 e. The molecular weight excluding hydrogens is 262 g/mol. The Balaban J connectivity index is 2.14. The van der Waals surface area contributed by atoms with Crippen molar-refractivity contribution < 1.29 is 0 Å². The van der Waals surface area contributed by atoms with Gasteiger partial charge in [0.05, 0.1) is 5.69 Å². The highest BCUT2D eigenvalue weighted by Crippen LogP contribution is 2.23. The SMILES string of the molecule is C=C(C)CN(C)c1cc(-c2ccccc2)nc2ncnn12. The number of hydrogen-bond acceptors (Lipinski definition) is 4. The number of anilines is 1. The highest BCUT2D eigenvalue weighted by Gasteiger charge is 2.12. The van der Waals surface area contributed by atoms with Crippen LogP contribution in [0.5, 0.6) is 0 Å². The Morgan fingerprint density at radius 1 is 1.29 bits per heavy atom. The molecule has 3 aromatic rings. The molecule has 0 atom stereocenters. The van der Waals surface area contributed by atoms with Gasteiger partial charge in [-0.2, -0.15) is 14.6 Å². The van der Waals surface area contributed by atoms with Crippen LogP contribution in [0.25, 0.3) is 17.0 Å². The van der Waals surface area contributed by atoms with Crippen LogP contribution in [0.4, 0.5) is 5.82 Å². The lowest BCUT2D eigenvalue weighted by molar-refractivity contribution is 0.862. The number of hydrogen-bond donors (Lipinski definition) is 0. The number of aromatic nitrogens is 4. The third kappa shape index (κ3) is 2.63. The Morgan fingerprint density at radius 2 is 2.05 bits per heavy atom. The topological polar surface area (TPSA) is 46.3 Å². The zero-order chi connectivity index (χ0) is 14.8. The average Bonchev–Trinajstić information content (AvgIpc) is 2.94. The Bertz CT molecular complexity index is 776. The minimum atomic E-state index is 0.597. The number of rotatable bonds is 4. The number of nitrogens with zero attached hydrogens (tertiary/aromatic N) is 5. The molecule has 0 saturated carbocycles. The molecule has 0 aliphatic rings. The normalized spacial score (nSPS) is 10.8. The summed E-state index contributed by atoms with van der Waals surface area (Å²) in [6.07, 6.45) is 1.52. The first-order valence-electron chi connectivity index (χ1n) is 6.77. The van der Waals surface area contributed by atoms with Gasteiger partial charge in [-0.05, 0) is 6.92 Å². The molecule has 21 heavy (non-hydrogen) atoms. The zero-order valence-corrected chi connectivity index (χ0v) is 12.2. The number of fused-ring (bicyclic) bond motifs is 1. The Labute approximate surface area is 123 Å². The van der Waals surface area contributed by atoms with Gasteiger partial charge in [-0.3, -0.25) is 0 Å². The quantitative estimate of drug-likeness (QED) is 0.689. The van der Waals surface area contributed by atoms with Crippen LogP contribution in [0.2, 0.25) is 0 Å². The van der Waals surface area contributed by atoms with E-state index in [9.17, 15) is 0 Å². The lowest BCUT2D eigenvalue weighted by atomic mass is 10.1. The van der Waals surface area contributed by atoms with Crippen LogP contribution >= 0.6 is 0 Å². The van der Waals surface area contributed by atoms with E-state index in [1.807, 2.05) is 50.4 Å². The Kier molecular flexibility index (Phi) is 3.39. The van der Waals surface area contributed by atoms with Gasteiger partial charge < -0.3 is 4.90 Å². The molecule has 0 amide bonds. The molecule has 106 valence electrons. The summed E-state index contributed by atoms with van der Waals surface area (Å²) in [5, 5.41) is 4.25. The summed E-state index contributed by atoms with van der Waals surface area (Å²) in [5.41, 5.74) is 3.04. The molecule has 0 aliphatic heterocycles. The fourth-order valence-corrected chi connectivity index (χ4v) is 2.31. The molecule has 2 aromatic heterocycles. The standard InChI is InChI=1S/C16H17N5/c1-12(2)10-20(3)15-9-14(13-7-5-4-6-8-13)19-16-17-11-18-21(15)16/h4-9,11H,1,10H2,2-3H3. The van der Waals surface area contributed by atoms with Crippen LogP contribution in [-0.2, 0) is 0 Å². The molecule has 1 aromatic carbocycles. The van der Waals surface area contributed by atoms with Gasteiger partial charge in [-0.1, -0.05) is 42.5 Å². The second-order valence-corrected chi connectivity index (χ2v) is 5.15. The molecule has 0 radical (unpaired) electrons. The fraction of sp³-hybridized carbons (Fsp3) is 0.188. The van der Waals surface area contributed by atoms with Crippen LogP contribution in [-0.4, -0.2) is 33.2 Å². The van der Waals surface area contributed by atoms with Crippen molar-refractivity contribution in [1.82, 2.24) is 19.6 Å². The second kappa shape index (κ2) is 5.36. The molecule has 3 rings (SSSR count). The van der Waals surface area contributed by atoms with Crippen LogP contribution in [0, 0.1) is 0 Å². The molecule has 0 saturated heterocycles. The van der Waals surface area contributed by atoms with Gasteiger partial charge in [-0.15, -0.1) is 0 Å². The van der Waals surface area contributed by atoms with Gasteiger partial charge in [-0.25, -0.2) is 4.98 Å². The van der Waals surface area contributed by atoms with Gasteiger partial charge in [0.15, 0.2) is 0 Å². The molecular formula is C16H17N5. The van der Waals surface area contributed by atoms with Gasteiger partial charge in [0.2, 0.25) is 0 Å². The summed E-state index contributed by atoms with van der Waals surface area (Å²) in [6, 6.07) is 12.1. The maximum atomic E-state index is 4.57. The monoisotopic (exact) mass is 279 g/mol. The van der Waals surface area contributed by atoms with Gasteiger partial charge in [0.1, 0.15) is 12.1 Å². The molecule has 0 spiro atoms. The molecule has 0 unspecified atom stereocenters. The van der Waals surface area contributed by atoms with Crippen molar-refractivity contribution in [3.05, 3.63) is 54.9 Å². The van der Waals surface area contributed by atoms with Crippen molar-refractivity contribution in [1.29, 1.82) is 0 Å². The van der Waals surface area contributed by atoms with Crippen molar-refractivity contribution in [2.24, 2.45) is 0 Å². The lowest BCUT2D eigenvalue weighted by Crippen LogP contribution is -2.22. The summed E-state index contributed by atoms with van der Waals surface area (Å²) in [5.74, 6) is 1.54. The van der Waals surface area contributed by atoms with Crippen LogP contribution in [0.1, 0.15) is 6.92 Å². The van der Waals surface area contributed by atoms with E-state index in [2.05, 4.69) is 26.5 Å². The van der Waals surface area contributed by atoms with E-state index in [4.69, 9.17) is 0 Å². The highest BCUT2D eigenvalue weighted by molar-refractivity contribution is 5.65. The highest BCUT2D eigenvalue weighted by atomic mass is 15.4. The smallest absolute Gasteiger partial charge is 0.254 e. The lowest BCUT2D eigenvalue weighted by Gasteiger charge is -2.20. The van der Waals surface area contributed by atoms with Crippen molar-refractivity contribution >= 4 is 11.6 Å². The van der Waals surface area contributed by atoms with E-state index in [1.165, 1.54) is 6.33 Å². The molecule has 5 heteroatoms. The molecule has 5 nitrogen and oxygen atoms in total.